The van der Waals surface area contributed by atoms with Crippen molar-refractivity contribution in [2.45, 2.75) is 0 Å². The lowest BCUT2D eigenvalue weighted by Crippen LogP contribution is -2.00. The fourth-order valence-corrected chi connectivity index (χ4v) is 6.49. The van der Waals surface area contributed by atoms with Crippen molar-refractivity contribution in [3.8, 4) is 67.5 Å². The SMILES string of the molecule is c1ccc(-c2ccc(-c3nc(-c4ccccc4)nc(-c4ccc(-c5cccc(-c6cccc7oc8ccccc8c67)c5)cc4)n3)cc2)cc1. The van der Waals surface area contributed by atoms with Crippen LogP contribution < -0.4 is 0 Å². The molecule has 0 unspecified atom stereocenters. The summed E-state index contributed by atoms with van der Waals surface area (Å²) < 4.78 is 6.17. The van der Waals surface area contributed by atoms with Crippen molar-refractivity contribution in [3.05, 3.63) is 176 Å². The van der Waals surface area contributed by atoms with Crippen LogP contribution in [0.3, 0.4) is 0 Å². The Morgan fingerprint density at radius 2 is 0.735 bits per heavy atom. The summed E-state index contributed by atoms with van der Waals surface area (Å²) >= 11 is 0. The molecule has 0 spiro atoms. The standard InChI is InChI=1S/C45H29N3O/c1-3-11-30(12-4-1)31-21-25-34(26-22-31)44-46-43(33-13-5-2-6-14-33)47-45(48-44)35-27-23-32(24-28-35)36-15-9-16-37(29-36)38-18-10-20-41-42(38)39-17-7-8-19-40(39)49-41/h1-29H. The molecule has 0 radical (unpaired) electrons. The fraction of sp³-hybridized carbons (Fsp3) is 0. The van der Waals surface area contributed by atoms with Crippen molar-refractivity contribution in [1.29, 1.82) is 0 Å². The Labute approximate surface area is 284 Å². The Balaban J connectivity index is 1.08. The van der Waals surface area contributed by atoms with E-state index in [0.717, 1.165) is 66.4 Å². The summed E-state index contributed by atoms with van der Waals surface area (Å²) in [5.74, 6) is 1.92. The van der Waals surface area contributed by atoms with Crippen LogP contribution in [0.1, 0.15) is 0 Å². The Bertz CT molecular complexity index is 2570. The first-order valence-electron chi connectivity index (χ1n) is 16.4. The molecule has 0 saturated carbocycles. The normalized spacial score (nSPS) is 11.3. The molecule has 0 atom stereocenters. The van der Waals surface area contributed by atoms with Crippen LogP contribution in [0.4, 0.5) is 0 Å². The molecule has 230 valence electrons. The summed E-state index contributed by atoms with van der Waals surface area (Å²) in [6.45, 7) is 0. The van der Waals surface area contributed by atoms with Crippen LogP contribution in [0, 0.1) is 0 Å². The fourth-order valence-electron chi connectivity index (χ4n) is 6.49. The van der Waals surface area contributed by atoms with E-state index in [9.17, 15) is 0 Å². The van der Waals surface area contributed by atoms with E-state index >= 15 is 0 Å². The molecule has 0 fully saturated rings. The second kappa shape index (κ2) is 12.2. The minimum atomic E-state index is 0.634. The van der Waals surface area contributed by atoms with Crippen molar-refractivity contribution in [2.24, 2.45) is 0 Å². The smallest absolute Gasteiger partial charge is 0.164 e. The Morgan fingerprint density at radius 1 is 0.306 bits per heavy atom. The molecule has 9 aromatic rings. The Morgan fingerprint density at radius 3 is 1.39 bits per heavy atom. The summed E-state index contributed by atoms with van der Waals surface area (Å²) in [4.78, 5) is 14.8. The van der Waals surface area contributed by atoms with E-state index in [1.165, 1.54) is 5.56 Å². The lowest BCUT2D eigenvalue weighted by atomic mass is 9.95. The van der Waals surface area contributed by atoms with E-state index in [-0.39, 0.29) is 0 Å². The molecule has 2 heterocycles. The molecule has 4 heteroatoms. The highest BCUT2D eigenvalue weighted by Crippen LogP contribution is 2.38. The second-order valence-electron chi connectivity index (χ2n) is 12.1. The molecule has 0 amide bonds. The van der Waals surface area contributed by atoms with Crippen LogP contribution in [0.5, 0.6) is 0 Å². The monoisotopic (exact) mass is 627 g/mol. The maximum absolute atomic E-state index is 6.17. The predicted octanol–water partition coefficient (Wildman–Crippen LogP) is 11.8. The summed E-state index contributed by atoms with van der Waals surface area (Å²) in [5, 5.41) is 2.27. The first-order valence-corrected chi connectivity index (χ1v) is 16.4. The van der Waals surface area contributed by atoms with E-state index in [2.05, 4.69) is 121 Å². The van der Waals surface area contributed by atoms with Crippen molar-refractivity contribution < 1.29 is 4.42 Å². The summed E-state index contributed by atoms with van der Waals surface area (Å²) in [5.41, 5.74) is 11.5. The largest absolute Gasteiger partial charge is 0.456 e. The van der Waals surface area contributed by atoms with Crippen LogP contribution >= 0.6 is 0 Å². The van der Waals surface area contributed by atoms with Gasteiger partial charge in [-0.3, -0.25) is 0 Å². The molecule has 0 aliphatic carbocycles. The second-order valence-corrected chi connectivity index (χ2v) is 12.1. The number of benzene rings is 7. The highest BCUT2D eigenvalue weighted by atomic mass is 16.3. The van der Waals surface area contributed by atoms with Gasteiger partial charge in [0.15, 0.2) is 17.5 Å². The van der Waals surface area contributed by atoms with Crippen LogP contribution in [-0.2, 0) is 0 Å². The quantitative estimate of drug-likeness (QED) is 0.184. The van der Waals surface area contributed by atoms with Crippen LogP contribution in [0.2, 0.25) is 0 Å². The maximum atomic E-state index is 6.17. The number of para-hydroxylation sites is 1. The minimum Gasteiger partial charge on any atom is -0.456 e. The van der Waals surface area contributed by atoms with E-state index in [1.807, 2.05) is 54.6 Å². The predicted molar refractivity (Wildman–Crippen MR) is 200 cm³/mol. The molecular weight excluding hydrogens is 599 g/mol. The van der Waals surface area contributed by atoms with Gasteiger partial charge >= 0.3 is 0 Å². The molecule has 0 N–H and O–H groups in total. The average Bonchev–Trinajstić information content (AvgIpc) is 3.58. The summed E-state index contributed by atoms with van der Waals surface area (Å²) in [6, 6.07) is 60.5. The number of aromatic nitrogens is 3. The first kappa shape index (κ1) is 28.6. The highest BCUT2D eigenvalue weighted by molar-refractivity contribution is 6.12. The number of furan rings is 1. The molecule has 0 bridgehead atoms. The van der Waals surface area contributed by atoms with Crippen molar-refractivity contribution in [2.75, 3.05) is 0 Å². The van der Waals surface area contributed by atoms with Gasteiger partial charge in [0, 0.05) is 27.5 Å². The molecule has 49 heavy (non-hydrogen) atoms. The van der Waals surface area contributed by atoms with Crippen LogP contribution in [0.25, 0.3) is 89.5 Å². The van der Waals surface area contributed by atoms with Crippen molar-refractivity contribution in [1.82, 2.24) is 15.0 Å². The number of rotatable bonds is 6. The van der Waals surface area contributed by atoms with Gasteiger partial charge in [0.2, 0.25) is 0 Å². The van der Waals surface area contributed by atoms with Gasteiger partial charge in [0.1, 0.15) is 11.2 Å². The Hall–Kier alpha value is -6.65. The zero-order valence-corrected chi connectivity index (χ0v) is 26.5. The number of hydrogen-bond acceptors (Lipinski definition) is 4. The molecule has 2 aromatic heterocycles. The summed E-state index contributed by atoms with van der Waals surface area (Å²) in [7, 11) is 0. The first-order chi connectivity index (χ1) is 24.3. The maximum Gasteiger partial charge on any atom is 0.164 e. The van der Waals surface area contributed by atoms with E-state index < -0.39 is 0 Å². The number of nitrogens with zero attached hydrogens (tertiary/aromatic N) is 3. The Kier molecular flexibility index (Phi) is 7.10. The molecule has 0 saturated heterocycles. The topological polar surface area (TPSA) is 51.8 Å². The van der Waals surface area contributed by atoms with Gasteiger partial charge in [0.05, 0.1) is 0 Å². The van der Waals surface area contributed by atoms with Gasteiger partial charge in [-0.2, -0.15) is 0 Å². The molecule has 0 aliphatic rings. The van der Waals surface area contributed by atoms with E-state index in [0.29, 0.717) is 17.5 Å². The third-order valence-electron chi connectivity index (χ3n) is 8.97. The summed E-state index contributed by atoms with van der Waals surface area (Å²) in [6.07, 6.45) is 0. The molecule has 0 aliphatic heterocycles. The third kappa shape index (κ3) is 5.45. The van der Waals surface area contributed by atoms with E-state index in [4.69, 9.17) is 19.4 Å². The lowest BCUT2D eigenvalue weighted by molar-refractivity contribution is 0.669. The third-order valence-corrected chi connectivity index (χ3v) is 8.97. The van der Waals surface area contributed by atoms with Gasteiger partial charge in [-0.05, 0) is 51.6 Å². The van der Waals surface area contributed by atoms with Crippen molar-refractivity contribution in [3.63, 3.8) is 0 Å². The van der Waals surface area contributed by atoms with Gasteiger partial charge in [-0.15, -0.1) is 0 Å². The highest BCUT2D eigenvalue weighted by Gasteiger charge is 2.15. The van der Waals surface area contributed by atoms with Gasteiger partial charge in [-0.25, -0.2) is 15.0 Å². The molecule has 9 rings (SSSR count). The van der Waals surface area contributed by atoms with Gasteiger partial charge < -0.3 is 4.42 Å². The average molecular weight is 628 g/mol. The zero-order chi connectivity index (χ0) is 32.6. The van der Waals surface area contributed by atoms with Crippen LogP contribution in [-0.4, -0.2) is 15.0 Å². The van der Waals surface area contributed by atoms with Crippen LogP contribution in [0.15, 0.2) is 180 Å². The van der Waals surface area contributed by atoms with E-state index in [1.54, 1.807) is 0 Å². The minimum absolute atomic E-state index is 0.634. The van der Waals surface area contributed by atoms with Gasteiger partial charge in [0.25, 0.3) is 0 Å². The van der Waals surface area contributed by atoms with Crippen molar-refractivity contribution >= 4 is 21.9 Å². The van der Waals surface area contributed by atoms with Gasteiger partial charge in [-0.1, -0.05) is 158 Å². The molecular formula is C45H29N3O. The molecule has 7 aromatic carbocycles. The number of fused-ring (bicyclic) bond motifs is 3. The molecule has 4 nitrogen and oxygen atoms in total. The zero-order valence-electron chi connectivity index (χ0n) is 26.5. The number of hydrogen-bond donors (Lipinski definition) is 0. The lowest BCUT2D eigenvalue weighted by Gasteiger charge is -2.10.